The lowest BCUT2D eigenvalue weighted by molar-refractivity contribution is 0.190. The van der Waals surface area contributed by atoms with Crippen molar-refractivity contribution >= 4 is 17.2 Å². The first-order valence-corrected chi connectivity index (χ1v) is 8.83. The fourth-order valence-electron chi connectivity index (χ4n) is 2.70. The molecule has 2 rings (SSSR count). The van der Waals surface area contributed by atoms with Crippen LogP contribution in [0.2, 0.25) is 0 Å². The van der Waals surface area contributed by atoms with Crippen molar-refractivity contribution in [1.29, 1.82) is 5.41 Å². The van der Waals surface area contributed by atoms with E-state index in [9.17, 15) is 0 Å². The van der Waals surface area contributed by atoms with E-state index in [4.69, 9.17) is 20.6 Å². The number of aromatic nitrogens is 1. The van der Waals surface area contributed by atoms with Crippen molar-refractivity contribution in [2.45, 2.75) is 26.0 Å². The lowest BCUT2D eigenvalue weighted by atomic mass is 10.0. The van der Waals surface area contributed by atoms with E-state index in [-0.39, 0.29) is 12.1 Å². The van der Waals surface area contributed by atoms with Crippen LogP contribution >= 0.6 is 0 Å². The Balaban J connectivity index is 2.33. The molecule has 0 saturated carbocycles. The van der Waals surface area contributed by atoms with Gasteiger partial charge in [0, 0.05) is 37.2 Å². The van der Waals surface area contributed by atoms with Gasteiger partial charge in [0.1, 0.15) is 11.6 Å². The maximum Gasteiger partial charge on any atom is 0.129 e. The number of nitrogen functional groups attached to an aromatic ring is 1. The number of ether oxygens (including phenoxy) is 2. The summed E-state index contributed by atoms with van der Waals surface area (Å²) in [5.41, 5.74) is 8.32. The number of rotatable bonds is 9. The van der Waals surface area contributed by atoms with Gasteiger partial charge in [0.2, 0.25) is 0 Å². The Hall–Kier alpha value is -2.86. The van der Waals surface area contributed by atoms with Gasteiger partial charge in [-0.2, -0.15) is 0 Å². The molecule has 0 radical (unpaired) electrons. The Labute approximate surface area is 161 Å². The first-order chi connectivity index (χ1) is 12.9. The van der Waals surface area contributed by atoms with Gasteiger partial charge in [-0.25, -0.2) is 4.98 Å². The Morgan fingerprint density at radius 1 is 1.33 bits per heavy atom. The Morgan fingerprint density at radius 3 is 2.70 bits per heavy atom. The second-order valence-corrected chi connectivity index (χ2v) is 6.56. The van der Waals surface area contributed by atoms with Gasteiger partial charge in [-0.3, -0.25) is 5.41 Å². The van der Waals surface area contributed by atoms with Crippen LogP contribution in [0.5, 0.6) is 5.75 Å². The van der Waals surface area contributed by atoms with Crippen LogP contribution in [-0.4, -0.2) is 43.6 Å². The minimum absolute atomic E-state index is 0.0141. The molecule has 3 N–H and O–H groups in total. The van der Waals surface area contributed by atoms with Crippen molar-refractivity contribution in [1.82, 2.24) is 4.98 Å². The molecule has 2 aromatic rings. The quantitative estimate of drug-likeness (QED) is 0.402. The van der Waals surface area contributed by atoms with Gasteiger partial charge in [0.05, 0.1) is 24.5 Å². The maximum atomic E-state index is 8.63. The maximum absolute atomic E-state index is 8.63. The highest BCUT2D eigenvalue weighted by Crippen LogP contribution is 2.24. The lowest BCUT2D eigenvalue weighted by Crippen LogP contribution is -2.34. The van der Waals surface area contributed by atoms with Gasteiger partial charge < -0.3 is 20.1 Å². The summed E-state index contributed by atoms with van der Waals surface area (Å²) >= 11 is 0. The molecule has 0 saturated heterocycles. The zero-order valence-corrected chi connectivity index (χ0v) is 16.4. The number of likely N-dealkylation sites (N-methyl/N-ethyl adjacent to an activating group) is 1. The molecular formula is C21H28N4O2. The smallest absolute Gasteiger partial charge is 0.129 e. The molecule has 0 bridgehead atoms. The van der Waals surface area contributed by atoms with Crippen molar-refractivity contribution in [3.8, 4) is 5.75 Å². The summed E-state index contributed by atoms with van der Waals surface area (Å²) in [5, 5.41) is 8.63. The van der Waals surface area contributed by atoms with Crippen LogP contribution in [0, 0.1) is 5.41 Å². The summed E-state index contributed by atoms with van der Waals surface area (Å²) in [7, 11) is 3.57. The summed E-state index contributed by atoms with van der Waals surface area (Å²) in [6, 6.07) is 9.04. The molecule has 1 atom stereocenters. The molecule has 0 spiro atoms. The van der Waals surface area contributed by atoms with Gasteiger partial charge in [0.15, 0.2) is 0 Å². The second kappa shape index (κ2) is 9.19. The van der Waals surface area contributed by atoms with Crippen molar-refractivity contribution in [3.05, 3.63) is 60.3 Å². The van der Waals surface area contributed by atoms with E-state index >= 15 is 0 Å². The molecule has 0 aliphatic heterocycles. The number of methoxy groups -OCH3 is 1. The van der Waals surface area contributed by atoms with Crippen LogP contribution in [0.4, 0.5) is 11.5 Å². The van der Waals surface area contributed by atoms with Crippen molar-refractivity contribution in [2.75, 3.05) is 31.4 Å². The highest BCUT2D eigenvalue weighted by atomic mass is 16.5. The third-order valence-corrected chi connectivity index (χ3v) is 4.17. The van der Waals surface area contributed by atoms with E-state index in [0.717, 1.165) is 11.4 Å². The van der Waals surface area contributed by atoms with E-state index in [2.05, 4.69) is 11.6 Å². The predicted molar refractivity (Wildman–Crippen MR) is 111 cm³/mol. The van der Waals surface area contributed by atoms with Crippen LogP contribution < -0.4 is 15.4 Å². The number of nitrogens with one attached hydrogen (secondary N) is 1. The summed E-state index contributed by atoms with van der Waals surface area (Å²) in [6.45, 7) is 8.28. The number of anilines is 2. The van der Waals surface area contributed by atoms with E-state index in [0.29, 0.717) is 29.3 Å². The molecule has 0 fully saturated rings. The molecular weight excluding hydrogens is 340 g/mol. The van der Waals surface area contributed by atoms with Gasteiger partial charge in [-0.05, 0) is 44.2 Å². The first kappa shape index (κ1) is 20.5. The zero-order valence-electron chi connectivity index (χ0n) is 16.4. The van der Waals surface area contributed by atoms with Crippen molar-refractivity contribution < 1.29 is 9.47 Å². The molecule has 1 aromatic heterocycles. The average Bonchev–Trinajstić information content (AvgIpc) is 2.66. The van der Waals surface area contributed by atoms with Crippen LogP contribution in [-0.2, 0) is 4.74 Å². The number of hydrogen-bond acceptors (Lipinski definition) is 6. The fourth-order valence-corrected chi connectivity index (χ4v) is 2.70. The average molecular weight is 368 g/mol. The summed E-state index contributed by atoms with van der Waals surface area (Å²) < 4.78 is 11.0. The van der Waals surface area contributed by atoms with Gasteiger partial charge in [0.25, 0.3) is 0 Å². The van der Waals surface area contributed by atoms with E-state index in [1.165, 1.54) is 0 Å². The van der Waals surface area contributed by atoms with E-state index in [1.807, 2.05) is 44.0 Å². The third kappa shape index (κ3) is 5.08. The Morgan fingerprint density at radius 2 is 2.07 bits per heavy atom. The Kier molecular flexibility index (Phi) is 6.96. The van der Waals surface area contributed by atoms with Crippen molar-refractivity contribution in [3.63, 3.8) is 0 Å². The van der Waals surface area contributed by atoms with E-state index in [1.54, 1.807) is 31.5 Å². The number of benzene rings is 1. The fraction of sp³-hybridized carbons (Fsp3) is 0.333. The number of nitrogens with zero attached hydrogens (tertiary/aromatic N) is 2. The van der Waals surface area contributed by atoms with Gasteiger partial charge in [-0.15, -0.1) is 6.58 Å². The lowest BCUT2D eigenvalue weighted by Gasteiger charge is -2.26. The minimum Gasteiger partial charge on any atom is -0.491 e. The summed E-state index contributed by atoms with van der Waals surface area (Å²) in [5.74, 6) is 1.42. The highest BCUT2D eigenvalue weighted by molar-refractivity contribution is 6.14. The van der Waals surface area contributed by atoms with Crippen LogP contribution in [0.15, 0.2) is 49.2 Å². The normalized spacial score (nSPS) is 11.9. The largest absolute Gasteiger partial charge is 0.491 e. The molecule has 6 heteroatoms. The van der Waals surface area contributed by atoms with Crippen LogP contribution in [0.3, 0.4) is 0 Å². The van der Waals surface area contributed by atoms with Crippen LogP contribution in [0.1, 0.15) is 25.0 Å². The molecule has 0 amide bonds. The molecule has 1 unspecified atom stereocenters. The number of hydrogen-bond donors (Lipinski definition) is 2. The molecule has 1 aromatic carbocycles. The predicted octanol–water partition coefficient (Wildman–Crippen LogP) is 3.50. The first-order valence-electron chi connectivity index (χ1n) is 8.83. The monoisotopic (exact) mass is 368 g/mol. The van der Waals surface area contributed by atoms with E-state index < -0.39 is 0 Å². The topological polar surface area (TPSA) is 84.5 Å². The minimum atomic E-state index is -0.0141. The van der Waals surface area contributed by atoms with Gasteiger partial charge in [-0.1, -0.05) is 6.08 Å². The molecule has 1 heterocycles. The second-order valence-electron chi connectivity index (χ2n) is 6.56. The van der Waals surface area contributed by atoms with Crippen molar-refractivity contribution in [2.24, 2.45) is 0 Å². The van der Waals surface area contributed by atoms with Gasteiger partial charge >= 0.3 is 0 Å². The molecule has 0 aliphatic carbocycles. The summed E-state index contributed by atoms with van der Waals surface area (Å²) in [4.78, 5) is 6.38. The summed E-state index contributed by atoms with van der Waals surface area (Å²) in [6.07, 6.45) is 3.55. The molecule has 27 heavy (non-hydrogen) atoms. The highest BCUT2D eigenvalue weighted by Gasteiger charge is 2.16. The molecule has 6 nitrogen and oxygen atoms in total. The zero-order chi connectivity index (χ0) is 20.0. The number of nitrogens with two attached hydrogens (primary N) is 1. The molecule has 0 aliphatic rings. The van der Waals surface area contributed by atoms with Crippen LogP contribution in [0.25, 0.3) is 0 Å². The Bertz CT molecular complexity index is 805. The molecule has 144 valence electrons. The standard InChI is InChI=1S/C21H28N4O2/c1-6-16(13-26-5)25(4)20-11-15(9-10-24-20)21(23)18-12-17(27-14(2)3)7-8-19(18)22/h6-12,14,16,23H,1,13,22H2,2-5H3. The SMILES string of the molecule is C=CC(COC)N(C)c1cc(C(=N)c2cc(OC(C)C)ccc2N)ccn1. The third-order valence-electron chi connectivity index (χ3n) is 4.17. The number of pyridine rings is 1.